The lowest BCUT2D eigenvalue weighted by Crippen LogP contribution is -2.48. The molecule has 1 fully saturated rings. The highest BCUT2D eigenvalue weighted by Gasteiger charge is 2.35. The number of hydrogen-bond acceptors (Lipinski definition) is 4. The summed E-state index contributed by atoms with van der Waals surface area (Å²) in [6.07, 6.45) is 1.10. The number of anilines is 1. The molecular weight excluding hydrogens is 402 g/mol. The second-order valence-electron chi connectivity index (χ2n) is 8.02. The molecule has 1 N–H and O–H groups in total. The summed E-state index contributed by atoms with van der Waals surface area (Å²) >= 11 is 7.07. The fraction of sp³-hybridized carbons (Fsp3) is 0.409. The first-order valence-corrected chi connectivity index (χ1v) is 11.3. The lowest BCUT2D eigenvalue weighted by atomic mass is 9.83. The van der Waals surface area contributed by atoms with E-state index in [4.69, 9.17) is 12.2 Å². The molecule has 0 unspecified atom stereocenters. The van der Waals surface area contributed by atoms with Gasteiger partial charge in [-0.3, -0.25) is 9.59 Å². The van der Waals surface area contributed by atoms with Crippen molar-refractivity contribution in [3.63, 3.8) is 0 Å². The smallest absolute Gasteiger partial charge is 0.250 e. The molecule has 1 saturated heterocycles. The van der Waals surface area contributed by atoms with E-state index in [0.29, 0.717) is 17.6 Å². The molecule has 0 radical (unpaired) electrons. The van der Waals surface area contributed by atoms with Crippen molar-refractivity contribution >= 4 is 39.9 Å². The SMILES string of the molecule is Cc1ccc(C)c(NC(=O)CSC(=S)N2C[C@H]3C[C@H](C2)c2cccc(=O)n2C3)c1. The number of carbonyl (C=O) groups is 1. The summed E-state index contributed by atoms with van der Waals surface area (Å²) < 4.78 is 2.69. The molecule has 4 rings (SSSR count). The molecule has 0 aliphatic carbocycles. The Morgan fingerprint density at radius 2 is 2.03 bits per heavy atom. The molecule has 2 bridgehead atoms. The van der Waals surface area contributed by atoms with Crippen molar-refractivity contribution in [1.29, 1.82) is 0 Å². The predicted molar refractivity (Wildman–Crippen MR) is 123 cm³/mol. The molecule has 2 atom stereocenters. The number of amides is 1. The van der Waals surface area contributed by atoms with Gasteiger partial charge in [0.2, 0.25) is 5.91 Å². The van der Waals surface area contributed by atoms with Crippen molar-refractivity contribution in [2.75, 3.05) is 24.2 Å². The van der Waals surface area contributed by atoms with Crippen molar-refractivity contribution in [2.45, 2.75) is 32.7 Å². The lowest BCUT2D eigenvalue weighted by Gasteiger charge is -2.43. The monoisotopic (exact) mass is 427 g/mol. The van der Waals surface area contributed by atoms with Crippen molar-refractivity contribution < 1.29 is 4.79 Å². The Bertz CT molecular complexity index is 1020. The minimum atomic E-state index is -0.0415. The number of rotatable bonds is 3. The molecule has 1 amide bonds. The van der Waals surface area contributed by atoms with Gasteiger partial charge >= 0.3 is 0 Å². The first-order valence-electron chi connectivity index (χ1n) is 9.89. The van der Waals surface area contributed by atoms with Crippen LogP contribution in [0.3, 0.4) is 0 Å². The number of piperidine rings is 1. The highest BCUT2D eigenvalue weighted by molar-refractivity contribution is 8.23. The number of likely N-dealkylation sites (tertiary alicyclic amines) is 1. The first-order chi connectivity index (χ1) is 13.9. The molecule has 1 aromatic heterocycles. The van der Waals surface area contributed by atoms with Gasteiger partial charge in [-0.25, -0.2) is 0 Å². The molecule has 29 heavy (non-hydrogen) atoms. The van der Waals surface area contributed by atoms with Crippen LogP contribution in [0.15, 0.2) is 41.2 Å². The van der Waals surface area contributed by atoms with Crippen molar-refractivity contribution in [3.05, 3.63) is 63.6 Å². The number of nitrogens with zero attached hydrogens (tertiary/aromatic N) is 2. The Hall–Kier alpha value is -2.12. The van der Waals surface area contributed by atoms with E-state index >= 15 is 0 Å². The number of thioether (sulfide) groups is 1. The molecular formula is C22H25N3O2S2. The maximum absolute atomic E-state index is 12.4. The molecule has 2 aliphatic heterocycles. The minimum Gasteiger partial charge on any atom is -0.356 e. The van der Waals surface area contributed by atoms with E-state index < -0.39 is 0 Å². The number of nitrogens with one attached hydrogen (secondary N) is 1. The molecule has 5 nitrogen and oxygen atoms in total. The fourth-order valence-electron chi connectivity index (χ4n) is 4.32. The van der Waals surface area contributed by atoms with Gasteiger partial charge in [0.25, 0.3) is 5.56 Å². The highest BCUT2D eigenvalue weighted by atomic mass is 32.2. The molecule has 0 saturated carbocycles. The van der Waals surface area contributed by atoms with Crippen LogP contribution in [0.2, 0.25) is 0 Å². The van der Waals surface area contributed by atoms with Gasteiger partial charge in [-0.15, -0.1) is 0 Å². The molecule has 3 heterocycles. The van der Waals surface area contributed by atoms with Crippen molar-refractivity contribution in [2.24, 2.45) is 5.92 Å². The van der Waals surface area contributed by atoms with Crippen LogP contribution in [0, 0.1) is 19.8 Å². The number of hydrogen-bond donors (Lipinski definition) is 1. The average molecular weight is 428 g/mol. The molecule has 152 valence electrons. The first kappa shape index (κ1) is 20.2. The van der Waals surface area contributed by atoms with Gasteiger partial charge in [0.05, 0.1) is 5.75 Å². The average Bonchev–Trinajstić information content (AvgIpc) is 2.69. The largest absolute Gasteiger partial charge is 0.356 e. The maximum Gasteiger partial charge on any atom is 0.250 e. The number of aryl methyl sites for hydroxylation is 2. The third-order valence-electron chi connectivity index (χ3n) is 5.73. The van der Waals surface area contributed by atoms with Gasteiger partial charge in [0.1, 0.15) is 4.32 Å². The fourth-order valence-corrected chi connectivity index (χ4v) is 5.31. The predicted octanol–water partition coefficient (Wildman–Crippen LogP) is 3.54. The van der Waals surface area contributed by atoms with Crippen LogP contribution in [-0.4, -0.2) is 38.5 Å². The van der Waals surface area contributed by atoms with Crippen molar-refractivity contribution in [3.8, 4) is 0 Å². The quantitative estimate of drug-likeness (QED) is 0.760. The van der Waals surface area contributed by atoms with E-state index in [-0.39, 0.29) is 11.5 Å². The topological polar surface area (TPSA) is 54.3 Å². The summed E-state index contributed by atoms with van der Waals surface area (Å²) in [5, 5.41) is 2.99. The number of pyridine rings is 1. The van der Waals surface area contributed by atoms with Crippen LogP contribution in [0.5, 0.6) is 0 Å². The Morgan fingerprint density at radius 1 is 1.21 bits per heavy atom. The number of aromatic nitrogens is 1. The summed E-state index contributed by atoms with van der Waals surface area (Å²) in [4.78, 5) is 26.8. The van der Waals surface area contributed by atoms with E-state index in [0.717, 1.165) is 52.9 Å². The third-order valence-corrected chi connectivity index (χ3v) is 7.26. The van der Waals surface area contributed by atoms with E-state index in [1.807, 2.05) is 42.7 Å². The van der Waals surface area contributed by atoms with Crippen LogP contribution in [-0.2, 0) is 11.3 Å². The van der Waals surface area contributed by atoms with Gasteiger partial charge in [-0.05, 0) is 49.4 Å². The van der Waals surface area contributed by atoms with Crippen LogP contribution in [0.1, 0.15) is 29.2 Å². The van der Waals surface area contributed by atoms with E-state index in [2.05, 4.69) is 16.3 Å². The number of benzene rings is 1. The Balaban J connectivity index is 1.36. The lowest BCUT2D eigenvalue weighted by molar-refractivity contribution is -0.113. The molecule has 0 spiro atoms. The number of carbonyl (C=O) groups excluding carboxylic acids is 1. The standard InChI is InChI=1S/C22H25N3O2S2/c1-14-6-7-15(2)18(8-14)23-20(26)13-29-22(28)24-10-16-9-17(12-24)19-4-3-5-21(27)25(19)11-16/h3-8,16-17H,9-13H2,1-2H3,(H,23,26)/t16-,17-/m1/s1. The summed E-state index contributed by atoms with van der Waals surface area (Å²) in [5.41, 5.74) is 4.23. The zero-order valence-corrected chi connectivity index (χ0v) is 18.3. The second kappa shape index (κ2) is 8.32. The summed E-state index contributed by atoms with van der Waals surface area (Å²) in [6, 6.07) is 11.6. The minimum absolute atomic E-state index is 0.0415. The zero-order chi connectivity index (χ0) is 20.5. The number of fused-ring (bicyclic) bond motifs is 4. The normalized spacial score (nSPS) is 20.1. The summed E-state index contributed by atoms with van der Waals surface area (Å²) in [6.45, 7) is 6.41. The Morgan fingerprint density at radius 3 is 2.86 bits per heavy atom. The van der Waals surface area contributed by atoms with Gasteiger partial charge in [0.15, 0.2) is 0 Å². The molecule has 2 aromatic rings. The van der Waals surface area contributed by atoms with Gasteiger partial charge < -0.3 is 14.8 Å². The summed E-state index contributed by atoms with van der Waals surface area (Å²) in [7, 11) is 0. The molecule has 2 aliphatic rings. The highest BCUT2D eigenvalue weighted by Crippen LogP contribution is 2.36. The summed E-state index contributed by atoms with van der Waals surface area (Å²) in [5.74, 6) is 0.996. The van der Waals surface area contributed by atoms with Gasteiger partial charge in [-0.1, -0.05) is 42.2 Å². The van der Waals surface area contributed by atoms with Crippen molar-refractivity contribution in [1.82, 2.24) is 9.47 Å². The van der Waals surface area contributed by atoms with Gasteiger partial charge in [0, 0.05) is 43.0 Å². The van der Waals surface area contributed by atoms with E-state index in [9.17, 15) is 9.59 Å². The van der Waals surface area contributed by atoms with Crippen LogP contribution in [0.4, 0.5) is 5.69 Å². The Kier molecular flexibility index (Phi) is 5.79. The third kappa shape index (κ3) is 4.41. The second-order valence-corrected chi connectivity index (χ2v) is 9.63. The maximum atomic E-state index is 12.4. The van der Waals surface area contributed by atoms with Crippen LogP contribution >= 0.6 is 24.0 Å². The van der Waals surface area contributed by atoms with Crippen LogP contribution in [0.25, 0.3) is 0 Å². The molecule has 7 heteroatoms. The van der Waals surface area contributed by atoms with Crippen LogP contribution < -0.4 is 10.9 Å². The number of thiocarbonyl (C=S) groups is 1. The molecule has 1 aromatic carbocycles. The van der Waals surface area contributed by atoms with E-state index in [1.165, 1.54) is 11.8 Å². The van der Waals surface area contributed by atoms with E-state index in [1.54, 1.807) is 6.07 Å². The zero-order valence-electron chi connectivity index (χ0n) is 16.7. The Labute approximate surface area is 180 Å². The van der Waals surface area contributed by atoms with Gasteiger partial charge in [-0.2, -0.15) is 0 Å².